The van der Waals surface area contributed by atoms with Crippen LogP contribution in [-0.2, 0) is 17.1 Å². The topological polar surface area (TPSA) is 3.24 Å². The van der Waals surface area contributed by atoms with Crippen LogP contribution in [0.5, 0.6) is 0 Å². The number of nitrogens with zero attached hydrogens (tertiary/aromatic N) is 1. The monoisotopic (exact) mass is 687 g/mol. The van der Waals surface area contributed by atoms with Gasteiger partial charge in [0, 0.05) is 6.04 Å². The molecule has 4 heteroatoms. The molecule has 0 N–H and O–H groups in total. The van der Waals surface area contributed by atoms with Gasteiger partial charge in [0.1, 0.15) is 0 Å². The fourth-order valence-electron chi connectivity index (χ4n) is 5.99. The first-order valence-electron chi connectivity index (χ1n) is 15.7. The maximum absolute atomic E-state index is 2.39. The summed E-state index contributed by atoms with van der Waals surface area (Å²) in [6, 6.07) is 70.3. The molecule has 7 rings (SSSR count). The van der Waals surface area contributed by atoms with Crippen LogP contribution in [0.15, 0.2) is 194 Å². The standard InChI is InChI=1S/C38H34NP2.C5H5.Fe/c1-39(2)38(35-27-17-29-37(35)41(32-22-11-5-12-23-32)33-24-13-6-14-25-33)34-26-15-16-28-36(34)40(30-18-7-3-8-19-30)31-20-9-4-10-21-31;1-2-4-5-3-1;/h3-29,38H,1-2H3;1-5H;/q2*-1;+2. The van der Waals surface area contributed by atoms with Crippen LogP contribution in [0.2, 0.25) is 0 Å². The van der Waals surface area contributed by atoms with E-state index >= 15 is 0 Å². The molecule has 234 valence electrons. The molecule has 0 amide bonds. The van der Waals surface area contributed by atoms with E-state index in [1.54, 1.807) is 0 Å². The Morgan fingerprint density at radius 1 is 0.447 bits per heavy atom. The van der Waals surface area contributed by atoms with E-state index in [1.165, 1.54) is 43.0 Å². The number of hydrogen-bond acceptors (Lipinski definition) is 1. The van der Waals surface area contributed by atoms with Crippen molar-refractivity contribution in [2.75, 3.05) is 14.1 Å². The fourth-order valence-corrected chi connectivity index (χ4v) is 11.0. The molecule has 1 nitrogen and oxygen atoms in total. The Hall–Kier alpha value is -3.86. The number of benzene rings is 5. The van der Waals surface area contributed by atoms with Gasteiger partial charge in [-0.15, -0.1) is 5.30 Å². The van der Waals surface area contributed by atoms with E-state index in [1.807, 2.05) is 30.3 Å². The molecule has 47 heavy (non-hydrogen) atoms. The van der Waals surface area contributed by atoms with Gasteiger partial charge < -0.3 is 4.90 Å². The second kappa shape index (κ2) is 17.3. The van der Waals surface area contributed by atoms with Gasteiger partial charge >= 0.3 is 17.1 Å². The molecule has 7 aromatic carbocycles. The van der Waals surface area contributed by atoms with E-state index in [9.17, 15) is 0 Å². The summed E-state index contributed by atoms with van der Waals surface area (Å²) in [5.41, 5.74) is 2.76. The zero-order valence-electron chi connectivity index (χ0n) is 26.7. The molecule has 0 saturated heterocycles. The Bertz CT molecular complexity index is 1770. The van der Waals surface area contributed by atoms with Crippen molar-refractivity contribution in [1.82, 2.24) is 4.90 Å². The third-order valence-electron chi connectivity index (χ3n) is 7.96. The Morgan fingerprint density at radius 3 is 1.30 bits per heavy atom. The van der Waals surface area contributed by atoms with Gasteiger partial charge in [-0.05, 0) is 62.0 Å². The fraction of sp³-hybridized carbons (Fsp3) is 0.0698. The predicted molar refractivity (Wildman–Crippen MR) is 203 cm³/mol. The van der Waals surface area contributed by atoms with Gasteiger partial charge in [0.05, 0.1) is 0 Å². The summed E-state index contributed by atoms with van der Waals surface area (Å²) in [6.45, 7) is 0. The van der Waals surface area contributed by atoms with Crippen molar-refractivity contribution in [2.24, 2.45) is 0 Å². The average Bonchev–Trinajstić information content (AvgIpc) is 3.85. The minimum Gasteiger partial charge on any atom is -0.310 e. The summed E-state index contributed by atoms with van der Waals surface area (Å²) in [5.74, 6) is 0. The van der Waals surface area contributed by atoms with Gasteiger partial charge in [-0.25, -0.2) is 18.2 Å². The number of rotatable bonds is 9. The first-order valence-corrected chi connectivity index (χ1v) is 18.4. The third-order valence-corrected chi connectivity index (χ3v) is 13.0. The van der Waals surface area contributed by atoms with Crippen molar-refractivity contribution in [1.29, 1.82) is 0 Å². The zero-order valence-corrected chi connectivity index (χ0v) is 29.6. The summed E-state index contributed by atoms with van der Waals surface area (Å²) in [4.78, 5) is 2.39. The molecule has 0 heterocycles. The van der Waals surface area contributed by atoms with Crippen LogP contribution in [0.25, 0.3) is 0 Å². The predicted octanol–water partition coefficient (Wildman–Crippen LogP) is 7.98. The van der Waals surface area contributed by atoms with Crippen LogP contribution >= 0.6 is 15.8 Å². The average molecular weight is 688 g/mol. The van der Waals surface area contributed by atoms with Gasteiger partial charge in [-0.1, -0.05) is 146 Å². The Labute approximate surface area is 293 Å². The minimum atomic E-state index is -0.734. The van der Waals surface area contributed by atoms with Crippen LogP contribution in [0.4, 0.5) is 0 Å². The Kier molecular flexibility index (Phi) is 12.7. The van der Waals surface area contributed by atoms with Crippen molar-refractivity contribution >= 4 is 47.7 Å². The largest absolute Gasteiger partial charge is 2.00 e. The first kappa shape index (κ1) is 34.5. The van der Waals surface area contributed by atoms with E-state index in [0.29, 0.717) is 0 Å². The van der Waals surface area contributed by atoms with Gasteiger partial charge in [0.15, 0.2) is 0 Å². The molecule has 0 saturated carbocycles. The molecular weight excluding hydrogens is 648 g/mol. The van der Waals surface area contributed by atoms with Gasteiger partial charge in [0.25, 0.3) is 0 Å². The van der Waals surface area contributed by atoms with Crippen LogP contribution in [0, 0.1) is 0 Å². The van der Waals surface area contributed by atoms with Crippen molar-refractivity contribution < 1.29 is 17.1 Å². The maximum atomic E-state index is 2.39. The summed E-state index contributed by atoms with van der Waals surface area (Å²) >= 11 is 0. The Morgan fingerprint density at radius 2 is 0.872 bits per heavy atom. The van der Waals surface area contributed by atoms with E-state index < -0.39 is 15.8 Å². The van der Waals surface area contributed by atoms with Crippen LogP contribution in [0.3, 0.4) is 0 Å². The van der Waals surface area contributed by atoms with Crippen molar-refractivity contribution in [3.05, 3.63) is 205 Å². The van der Waals surface area contributed by atoms with E-state index in [-0.39, 0.29) is 23.1 Å². The SMILES string of the molecule is CN(C)C(c1ccccc1P(c1ccccc1)c1ccccc1)c1cc[cH-]c1P(c1ccccc1)c1ccccc1.[Fe+2].c1cc[cH-]c1. The Balaban J connectivity index is 0.000000662. The second-order valence-corrected chi connectivity index (χ2v) is 15.6. The molecule has 0 spiro atoms. The molecule has 0 aliphatic carbocycles. The molecule has 1 unspecified atom stereocenters. The number of hydrogen-bond donors (Lipinski definition) is 0. The summed E-state index contributed by atoms with van der Waals surface area (Å²) in [6.07, 6.45) is 0. The summed E-state index contributed by atoms with van der Waals surface area (Å²) in [7, 11) is 3.00. The molecule has 7 aromatic rings. The summed E-state index contributed by atoms with van der Waals surface area (Å²) in [5, 5.41) is 8.34. The molecule has 0 aliphatic rings. The maximum Gasteiger partial charge on any atom is 2.00 e. The molecule has 0 aromatic heterocycles. The quantitative estimate of drug-likeness (QED) is 0.0846. The third kappa shape index (κ3) is 8.36. The molecule has 1 atom stereocenters. The minimum absolute atomic E-state index is 0. The van der Waals surface area contributed by atoms with Crippen molar-refractivity contribution in [2.45, 2.75) is 6.04 Å². The molecule has 0 radical (unpaired) electrons. The van der Waals surface area contributed by atoms with E-state index in [0.717, 1.165) is 0 Å². The molecule has 0 bridgehead atoms. The second-order valence-electron chi connectivity index (χ2n) is 11.3. The van der Waals surface area contributed by atoms with E-state index in [4.69, 9.17) is 0 Å². The molecule has 0 fully saturated rings. The smallest absolute Gasteiger partial charge is 0.310 e. The van der Waals surface area contributed by atoms with Crippen LogP contribution in [-0.4, -0.2) is 19.0 Å². The zero-order chi connectivity index (χ0) is 31.6. The van der Waals surface area contributed by atoms with Crippen molar-refractivity contribution in [3.63, 3.8) is 0 Å². The normalized spacial score (nSPS) is 11.5. The van der Waals surface area contributed by atoms with Crippen LogP contribution < -0.4 is 31.8 Å². The van der Waals surface area contributed by atoms with Crippen LogP contribution in [0.1, 0.15) is 17.2 Å². The van der Waals surface area contributed by atoms with Gasteiger partial charge in [-0.3, -0.25) is 0 Å². The molecular formula is C43H39FeNP2. The van der Waals surface area contributed by atoms with Crippen molar-refractivity contribution in [3.8, 4) is 0 Å². The van der Waals surface area contributed by atoms with Gasteiger partial charge in [-0.2, -0.15) is 35.9 Å². The van der Waals surface area contributed by atoms with E-state index in [2.05, 4.69) is 183 Å². The summed E-state index contributed by atoms with van der Waals surface area (Å²) < 4.78 is 0. The first-order chi connectivity index (χ1) is 22.7. The van der Waals surface area contributed by atoms with Gasteiger partial charge in [0.2, 0.25) is 0 Å². The molecule has 0 aliphatic heterocycles.